The molecule has 2 aromatic rings. The summed E-state index contributed by atoms with van der Waals surface area (Å²) in [5.41, 5.74) is 5.12. The lowest BCUT2D eigenvalue weighted by atomic mass is 10.1. The lowest BCUT2D eigenvalue weighted by Crippen LogP contribution is -2.02. The summed E-state index contributed by atoms with van der Waals surface area (Å²) in [7, 11) is 1.74. The highest BCUT2D eigenvalue weighted by Crippen LogP contribution is 2.32. The topological polar surface area (TPSA) is 21.6 Å². The van der Waals surface area contributed by atoms with E-state index in [1.165, 1.54) is 46.6 Å². The summed E-state index contributed by atoms with van der Waals surface area (Å²) in [6.45, 7) is 3.10. The molecule has 126 valence electrons. The van der Waals surface area contributed by atoms with Crippen LogP contribution in [0.3, 0.4) is 0 Å². The van der Waals surface area contributed by atoms with Gasteiger partial charge in [0.15, 0.2) is 0 Å². The van der Waals surface area contributed by atoms with E-state index in [1.54, 1.807) is 7.11 Å². The Balaban J connectivity index is 1.81. The Morgan fingerprint density at radius 1 is 1.08 bits per heavy atom. The molecule has 0 unspecified atom stereocenters. The first kappa shape index (κ1) is 17.1. The first-order valence-electron chi connectivity index (χ1n) is 8.67. The summed E-state index contributed by atoms with van der Waals surface area (Å²) < 4.78 is 5.51. The fourth-order valence-corrected chi connectivity index (χ4v) is 4.15. The Labute approximate surface area is 149 Å². The second kappa shape index (κ2) is 8.39. The van der Waals surface area contributed by atoms with Gasteiger partial charge in [0.1, 0.15) is 5.75 Å². The molecule has 0 aliphatic carbocycles. The van der Waals surface area contributed by atoms with Gasteiger partial charge in [-0.2, -0.15) is 0 Å². The Morgan fingerprint density at radius 3 is 2.83 bits per heavy atom. The van der Waals surface area contributed by atoms with Gasteiger partial charge in [-0.15, -0.1) is 11.8 Å². The van der Waals surface area contributed by atoms with Crippen LogP contribution in [0.5, 0.6) is 5.75 Å². The fraction of sp³-hybridized carbons (Fsp3) is 0.381. The van der Waals surface area contributed by atoms with Crippen molar-refractivity contribution in [3.05, 3.63) is 59.2 Å². The van der Waals surface area contributed by atoms with Crippen LogP contribution in [0.1, 0.15) is 42.4 Å². The van der Waals surface area contributed by atoms with E-state index in [9.17, 15) is 0 Å². The molecule has 0 fully saturated rings. The highest BCUT2D eigenvalue weighted by molar-refractivity contribution is 7.98. The first-order valence-corrected chi connectivity index (χ1v) is 9.65. The van der Waals surface area contributed by atoms with Gasteiger partial charge in [-0.25, -0.2) is 0 Å². The number of hydrogen-bond donors (Lipinski definition) is 0. The van der Waals surface area contributed by atoms with Gasteiger partial charge in [-0.1, -0.05) is 42.3 Å². The van der Waals surface area contributed by atoms with E-state index < -0.39 is 0 Å². The molecule has 0 amide bonds. The number of ether oxygens (including phenoxy) is 1. The Hall–Kier alpha value is -1.74. The van der Waals surface area contributed by atoms with Crippen LogP contribution in [-0.4, -0.2) is 19.4 Å². The summed E-state index contributed by atoms with van der Waals surface area (Å²) in [6.07, 6.45) is 4.87. The standard InChI is InChI=1S/C21H25NOS/c1-16-11-12-20(23-2)17(14-16)15-24-21-10-6-5-8-18(21)19-9-4-3-7-13-22-19/h5-6,8,10-12,14H,3-4,7,9,13,15H2,1-2H3. The molecule has 0 saturated heterocycles. The summed E-state index contributed by atoms with van der Waals surface area (Å²) in [4.78, 5) is 6.16. The van der Waals surface area contributed by atoms with Crippen molar-refractivity contribution in [2.24, 2.45) is 4.99 Å². The largest absolute Gasteiger partial charge is 0.496 e. The van der Waals surface area contributed by atoms with Gasteiger partial charge in [0.25, 0.3) is 0 Å². The van der Waals surface area contributed by atoms with Crippen molar-refractivity contribution in [3.8, 4) is 5.75 Å². The van der Waals surface area contributed by atoms with Gasteiger partial charge < -0.3 is 4.74 Å². The van der Waals surface area contributed by atoms with E-state index in [4.69, 9.17) is 9.73 Å². The Kier molecular flexibility index (Phi) is 5.97. The number of aryl methyl sites for hydroxylation is 1. The van der Waals surface area contributed by atoms with Gasteiger partial charge in [-0.3, -0.25) is 4.99 Å². The molecule has 2 aromatic carbocycles. The first-order chi connectivity index (χ1) is 11.8. The lowest BCUT2D eigenvalue weighted by molar-refractivity contribution is 0.411. The summed E-state index contributed by atoms with van der Waals surface area (Å²) in [5.74, 6) is 1.88. The number of hydrogen-bond acceptors (Lipinski definition) is 3. The molecule has 3 heteroatoms. The van der Waals surface area contributed by atoms with Crippen molar-refractivity contribution in [1.82, 2.24) is 0 Å². The van der Waals surface area contributed by atoms with Crippen LogP contribution in [0.2, 0.25) is 0 Å². The smallest absolute Gasteiger partial charge is 0.122 e. The third kappa shape index (κ3) is 4.21. The SMILES string of the molecule is COc1ccc(C)cc1CSc1ccccc1C1=NCCCCC1. The average molecular weight is 340 g/mol. The van der Waals surface area contributed by atoms with Crippen LogP contribution < -0.4 is 4.74 Å². The molecular formula is C21H25NOS. The number of methoxy groups -OCH3 is 1. The lowest BCUT2D eigenvalue weighted by Gasteiger charge is -2.13. The van der Waals surface area contributed by atoms with Crippen LogP contribution in [0.4, 0.5) is 0 Å². The monoisotopic (exact) mass is 339 g/mol. The van der Waals surface area contributed by atoms with Crippen LogP contribution in [-0.2, 0) is 5.75 Å². The minimum absolute atomic E-state index is 0.912. The van der Waals surface area contributed by atoms with E-state index in [0.717, 1.165) is 24.5 Å². The maximum atomic E-state index is 5.51. The predicted molar refractivity (Wildman–Crippen MR) is 104 cm³/mol. The highest BCUT2D eigenvalue weighted by Gasteiger charge is 2.12. The molecule has 24 heavy (non-hydrogen) atoms. The molecule has 0 atom stereocenters. The van der Waals surface area contributed by atoms with E-state index >= 15 is 0 Å². The molecule has 1 heterocycles. The fourth-order valence-electron chi connectivity index (χ4n) is 3.10. The molecule has 1 aliphatic rings. The minimum Gasteiger partial charge on any atom is -0.496 e. The van der Waals surface area contributed by atoms with Gasteiger partial charge in [0.05, 0.1) is 7.11 Å². The summed E-state index contributed by atoms with van der Waals surface area (Å²) >= 11 is 1.88. The van der Waals surface area contributed by atoms with Crippen molar-refractivity contribution in [3.63, 3.8) is 0 Å². The molecule has 0 aromatic heterocycles. The summed E-state index contributed by atoms with van der Waals surface area (Å²) in [6, 6.07) is 15.1. The maximum absolute atomic E-state index is 5.51. The zero-order valence-corrected chi connectivity index (χ0v) is 15.4. The van der Waals surface area contributed by atoms with Crippen molar-refractivity contribution >= 4 is 17.5 Å². The summed E-state index contributed by atoms with van der Waals surface area (Å²) in [5, 5.41) is 0. The van der Waals surface area contributed by atoms with E-state index in [1.807, 2.05) is 11.8 Å². The van der Waals surface area contributed by atoms with Crippen molar-refractivity contribution in [1.29, 1.82) is 0 Å². The molecular weight excluding hydrogens is 314 g/mol. The molecule has 0 saturated carbocycles. The van der Waals surface area contributed by atoms with Crippen LogP contribution in [0.15, 0.2) is 52.4 Å². The van der Waals surface area contributed by atoms with Crippen molar-refractivity contribution in [2.75, 3.05) is 13.7 Å². The second-order valence-corrected chi connectivity index (χ2v) is 7.26. The zero-order valence-electron chi connectivity index (χ0n) is 14.5. The number of rotatable bonds is 5. The highest BCUT2D eigenvalue weighted by atomic mass is 32.2. The van der Waals surface area contributed by atoms with Crippen LogP contribution in [0.25, 0.3) is 0 Å². The third-order valence-electron chi connectivity index (χ3n) is 4.39. The van der Waals surface area contributed by atoms with Gasteiger partial charge in [0.2, 0.25) is 0 Å². The molecule has 2 nitrogen and oxygen atoms in total. The van der Waals surface area contributed by atoms with Gasteiger partial charge >= 0.3 is 0 Å². The van der Waals surface area contributed by atoms with Crippen molar-refractivity contribution < 1.29 is 4.74 Å². The van der Waals surface area contributed by atoms with Crippen molar-refractivity contribution in [2.45, 2.75) is 43.3 Å². The molecule has 0 bridgehead atoms. The molecule has 0 N–H and O–H groups in total. The number of aliphatic imine (C=N–C) groups is 1. The van der Waals surface area contributed by atoms with E-state index in [2.05, 4.69) is 49.4 Å². The van der Waals surface area contributed by atoms with Crippen LogP contribution >= 0.6 is 11.8 Å². The number of benzene rings is 2. The third-order valence-corrected chi connectivity index (χ3v) is 5.51. The molecule has 1 aliphatic heterocycles. The minimum atomic E-state index is 0.912. The second-order valence-electron chi connectivity index (χ2n) is 6.24. The number of thioether (sulfide) groups is 1. The van der Waals surface area contributed by atoms with Crippen LogP contribution in [0, 0.1) is 6.92 Å². The zero-order chi connectivity index (χ0) is 16.8. The Morgan fingerprint density at radius 2 is 1.96 bits per heavy atom. The molecule has 3 rings (SSSR count). The quantitative estimate of drug-likeness (QED) is 0.656. The predicted octanol–water partition coefficient (Wildman–Crippen LogP) is 5.66. The van der Waals surface area contributed by atoms with Gasteiger partial charge in [-0.05, 0) is 38.3 Å². The molecule has 0 spiro atoms. The van der Waals surface area contributed by atoms with E-state index in [-0.39, 0.29) is 0 Å². The molecule has 0 radical (unpaired) electrons. The van der Waals surface area contributed by atoms with Gasteiger partial charge in [0, 0.05) is 34.0 Å². The Bertz CT molecular complexity index is 724. The van der Waals surface area contributed by atoms with E-state index in [0.29, 0.717) is 0 Å². The maximum Gasteiger partial charge on any atom is 0.122 e. The normalized spacial score (nSPS) is 14.8. The number of nitrogens with zero attached hydrogens (tertiary/aromatic N) is 1. The average Bonchev–Trinajstić information content (AvgIpc) is 2.89.